The van der Waals surface area contributed by atoms with Gasteiger partial charge in [0, 0.05) is 12.0 Å². The summed E-state index contributed by atoms with van der Waals surface area (Å²) in [6.07, 6.45) is 1.52. The van der Waals surface area contributed by atoms with Crippen molar-refractivity contribution in [3.63, 3.8) is 0 Å². The summed E-state index contributed by atoms with van der Waals surface area (Å²) in [4.78, 5) is 23.4. The molecule has 0 atom stereocenters. The Balaban J connectivity index is 2.75. The van der Waals surface area contributed by atoms with Gasteiger partial charge in [0.1, 0.15) is 5.75 Å². The van der Waals surface area contributed by atoms with Crippen molar-refractivity contribution in [1.29, 1.82) is 5.41 Å². The van der Waals surface area contributed by atoms with Crippen molar-refractivity contribution in [3.8, 4) is 5.75 Å². The molecule has 0 unspecified atom stereocenters. The third-order valence-corrected chi connectivity index (χ3v) is 4.12. The van der Waals surface area contributed by atoms with Gasteiger partial charge in [-0.15, -0.1) is 0 Å². The number of hydrogen-bond acceptors (Lipinski definition) is 5. The minimum Gasteiger partial charge on any atom is -0.496 e. The molecular weight excluding hydrogens is 330 g/mol. The number of rotatable bonds is 8. The van der Waals surface area contributed by atoms with Crippen LogP contribution in [0.5, 0.6) is 5.75 Å². The highest BCUT2D eigenvalue weighted by Gasteiger charge is 2.21. The van der Waals surface area contributed by atoms with Crippen LogP contribution in [-0.2, 0) is 26.2 Å². The molecule has 0 radical (unpaired) electrons. The molecule has 0 aromatic heterocycles. The second kappa shape index (κ2) is 9.35. The molecule has 0 bridgehead atoms. The molecular formula is C21H29NO4. The average molecular weight is 359 g/mol. The van der Waals surface area contributed by atoms with Gasteiger partial charge in [-0.2, -0.15) is 0 Å². The molecule has 0 amide bonds. The van der Waals surface area contributed by atoms with E-state index < -0.39 is 11.8 Å². The number of esters is 1. The maximum atomic E-state index is 11.8. The monoisotopic (exact) mass is 359 g/mol. The van der Waals surface area contributed by atoms with Gasteiger partial charge in [0.15, 0.2) is 11.4 Å². The second-order valence-electron chi connectivity index (χ2n) is 7.26. The molecule has 1 aromatic rings. The lowest BCUT2D eigenvalue weighted by Crippen LogP contribution is -2.17. The molecule has 1 N–H and O–H groups in total. The predicted molar refractivity (Wildman–Crippen MR) is 102 cm³/mol. The molecule has 0 aliphatic rings. The topological polar surface area (TPSA) is 76.5 Å². The van der Waals surface area contributed by atoms with Crippen LogP contribution < -0.4 is 4.74 Å². The van der Waals surface area contributed by atoms with E-state index in [0.717, 1.165) is 28.9 Å². The summed E-state index contributed by atoms with van der Waals surface area (Å²) in [5.41, 5.74) is 3.02. The Bertz CT molecular complexity index is 722. The number of Topliss-reactive ketones (excluding diaryl/α,β-unsaturated/α-hetero) is 1. The lowest BCUT2D eigenvalue weighted by Gasteiger charge is -2.24. The molecule has 0 spiro atoms. The van der Waals surface area contributed by atoms with Crippen LogP contribution in [0.25, 0.3) is 0 Å². The number of ether oxygens (including phenoxy) is 2. The van der Waals surface area contributed by atoms with Crippen molar-refractivity contribution < 1.29 is 19.1 Å². The van der Waals surface area contributed by atoms with E-state index in [1.54, 1.807) is 14.0 Å². The Morgan fingerprint density at radius 1 is 1.23 bits per heavy atom. The standard InChI is InChI=1S/C21H29NO4/c1-7-18(23)16(13-22)20(24)26-10-8-9-15-11-14(2)19(25-6)17(12-15)21(3,4)5/h11-12,22H,7-10H2,1-6H3. The Hall–Kier alpha value is -2.39. The molecule has 0 heterocycles. The lowest BCUT2D eigenvalue weighted by atomic mass is 9.83. The van der Waals surface area contributed by atoms with Crippen molar-refractivity contribution in [2.45, 2.75) is 59.3 Å². The zero-order valence-corrected chi connectivity index (χ0v) is 16.6. The van der Waals surface area contributed by atoms with Gasteiger partial charge in [-0.3, -0.25) is 10.2 Å². The highest BCUT2D eigenvalue weighted by Crippen LogP contribution is 2.35. The maximum Gasteiger partial charge on any atom is 0.351 e. The van der Waals surface area contributed by atoms with Crippen LogP contribution in [0.4, 0.5) is 0 Å². The van der Waals surface area contributed by atoms with Gasteiger partial charge in [0.2, 0.25) is 0 Å². The van der Waals surface area contributed by atoms with Gasteiger partial charge in [0.05, 0.1) is 13.7 Å². The number of ketones is 1. The molecule has 0 saturated carbocycles. The first-order valence-corrected chi connectivity index (χ1v) is 8.83. The SMILES string of the molecule is CCC(=O)C(=C=N)C(=O)OCCCc1cc(C)c(OC)c(C(C)(C)C)c1. The molecule has 142 valence electrons. The molecule has 0 fully saturated rings. The molecule has 0 aliphatic heterocycles. The molecule has 0 aliphatic carbocycles. The molecule has 1 rings (SSSR count). The van der Waals surface area contributed by atoms with E-state index in [2.05, 4.69) is 32.9 Å². The molecule has 0 saturated heterocycles. The third kappa shape index (κ3) is 5.57. The predicted octanol–water partition coefficient (Wildman–Crippen LogP) is 3.93. The average Bonchev–Trinajstić information content (AvgIpc) is 2.57. The number of nitrogens with one attached hydrogen (secondary N) is 1. The minimum absolute atomic E-state index is 0.0389. The smallest absolute Gasteiger partial charge is 0.351 e. The fraction of sp³-hybridized carbons (Fsp3) is 0.524. The van der Waals surface area contributed by atoms with Gasteiger partial charge in [-0.05, 0) is 42.2 Å². The normalized spacial score (nSPS) is 10.8. The Kier molecular flexibility index (Phi) is 7.78. The molecule has 1 aromatic carbocycles. The van der Waals surface area contributed by atoms with Crippen LogP contribution in [0.1, 0.15) is 57.2 Å². The summed E-state index contributed by atoms with van der Waals surface area (Å²) in [6, 6.07) is 4.22. The first-order valence-electron chi connectivity index (χ1n) is 8.83. The zero-order valence-electron chi connectivity index (χ0n) is 16.6. The van der Waals surface area contributed by atoms with Gasteiger partial charge in [0.25, 0.3) is 0 Å². The van der Waals surface area contributed by atoms with E-state index >= 15 is 0 Å². The fourth-order valence-electron chi connectivity index (χ4n) is 2.75. The quantitative estimate of drug-likeness (QED) is 0.190. The van der Waals surface area contributed by atoms with Crippen LogP contribution >= 0.6 is 0 Å². The largest absolute Gasteiger partial charge is 0.496 e. The first kappa shape index (κ1) is 21.7. The van der Waals surface area contributed by atoms with Crippen LogP contribution in [0.3, 0.4) is 0 Å². The van der Waals surface area contributed by atoms with Gasteiger partial charge in [-0.1, -0.05) is 39.8 Å². The number of carbonyl (C=O) groups is 2. The summed E-state index contributed by atoms with van der Waals surface area (Å²) in [5.74, 6) is 1.60. The van der Waals surface area contributed by atoms with Gasteiger partial charge < -0.3 is 9.47 Å². The fourth-order valence-corrected chi connectivity index (χ4v) is 2.75. The second-order valence-corrected chi connectivity index (χ2v) is 7.26. The summed E-state index contributed by atoms with van der Waals surface area (Å²) in [7, 11) is 1.68. The number of benzene rings is 1. The Morgan fingerprint density at radius 3 is 2.38 bits per heavy atom. The van der Waals surface area contributed by atoms with E-state index in [9.17, 15) is 9.59 Å². The first-order chi connectivity index (χ1) is 12.1. The van der Waals surface area contributed by atoms with E-state index in [1.165, 1.54) is 0 Å². The van der Waals surface area contributed by atoms with Crippen LogP contribution in [-0.4, -0.2) is 31.3 Å². The lowest BCUT2D eigenvalue weighted by molar-refractivity contribution is -0.140. The van der Waals surface area contributed by atoms with E-state index in [1.807, 2.05) is 12.8 Å². The Morgan fingerprint density at radius 2 is 1.88 bits per heavy atom. The Labute approximate surface area is 155 Å². The highest BCUT2D eigenvalue weighted by molar-refractivity contribution is 6.23. The third-order valence-electron chi connectivity index (χ3n) is 4.12. The van der Waals surface area contributed by atoms with Crippen LogP contribution in [0.2, 0.25) is 0 Å². The highest BCUT2D eigenvalue weighted by atomic mass is 16.5. The van der Waals surface area contributed by atoms with Crippen LogP contribution in [0, 0.1) is 12.3 Å². The number of carbonyl (C=O) groups excluding carboxylic acids is 2. The molecule has 5 nitrogen and oxygen atoms in total. The summed E-state index contributed by atoms with van der Waals surface area (Å²) < 4.78 is 10.7. The number of hydrogen-bond donors (Lipinski definition) is 1. The number of aryl methyl sites for hydroxylation is 2. The summed E-state index contributed by atoms with van der Waals surface area (Å²) in [5, 5.41) is 7.06. The van der Waals surface area contributed by atoms with Crippen molar-refractivity contribution in [2.75, 3.05) is 13.7 Å². The van der Waals surface area contributed by atoms with E-state index in [0.29, 0.717) is 6.42 Å². The van der Waals surface area contributed by atoms with Crippen molar-refractivity contribution in [3.05, 3.63) is 34.4 Å². The van der Waals surface area contributed by atoms with Crippen molar-refractivity contribution >= 4 is 17.6 Å². The van der Waals surface area contributed by atoms with Gasteiger partial charge >= 0.3 is 5.97 Å². The molecule has 5 heteroatoms. The summed E-state index contributed by atoms with van der Waals surface area (Å²) >= 11 is 0. The zero-order chi connectivity index (χ0) is 19.9. The number of methoxy groups -OCH3 is 1. The van der Waals surface area contributed by atoms with Crippen LogP contribution in [0.15, 0.2) is 17.7 Å². The van der Waals surface area contributed by atoms with Gasteiger partial charge in [-0.25, -0.2) is 4.79 Å². The molecule has 26 heavy (non-hydrogen) atoms. The minimum atomic E-state index is -0.770. The van der Waals surface area contributed by atoms with Crippen molar-refractivity contribution in [1.82, 2.24) is 0 Å². The van der Waals surface area contributed by atoms with E-state index in [4.69, 9.17) is 14.9 Å². The van der Waals surface area contributed by atoms with Crippen molar-refractivity contribution in [2.24, 2.45) is 0 Å². The van der Waals surface area contributed by atoms with E-state index in [-0.39, 0.29) is 24.0 Å². The summed E-state index contributed by atoms with van der Waals surface area (Å²) in [6.45, 7) is 10.3. The maximum absolute atomic E-state index is 11.8.